The smallest absolute Gasteiger partial charge is 0.319 e. The number of fused-ring (bicyclic) bond motifs is 1. The zero-order chi connectivity index (χ0) is 13.6. The van der Waals surface area contributed by atoms with Crippen molar-refractivity contribution in [3.05, 3.63) is 24.2 Å². The Morgan fingerprint density at radius 1 is 1.47 bits per heavy atom. The number of hydrogen-bond donors (Lipinski definition) is 2. The van der Waals surface area contributed by atoms with Gasteiger partial charge in [-0.25, -0.2) is 14.3 Å². The van der Waals surface area contributed by atoms with E-state index in [1.54, 1.807) is 10.7 Å². The molecule has 2 N–H and O–H groups in total. The minimum atomic E-state index is -0.174. The van der Waals surface area contributed by atoms with Crippen LogP contribution >= 0.6 is 0 Å². The van der Waals surface area contributed by atoms with E-state index in [0.717, 1.165) is 12.1 Å². The van der Waals surface area contributed by atoms with Gasteiger partial charge in [0.2, 0.25) is 0 Å². The maximum atomic E-state index is 11.8. The second-order valence-electron chi connectivity index (χ2n) is 5.72. The summed E-state index contributed by atoms with van der Waals surface area (Å²) in [6.45, 7) is 6.12. The molecule has 0 spiro atoms. The van der Waals surface area contributed by atoms with Gasteiger partial charge in [0.25, 0.3) is 0 Å². The molecular weight excluding hydrogens is 242 g/mol. The number of anilines is 1. The number of nitrogens with one attached hydrogen (secondary N) is 2. The van der Waals surface area contributed by atoms with Gasteiger partial charge in [-0.3, -0.25) is 0 Å². The summed E-state index contributed by atoms with van der Waals surface area (Å²) < 4.78 is 1.66. The summed E-state index contributed by atoms with van der Waals surface area (Å²) in [6, 6.07) is 3.74. The number of hydrogen-bond acceptors (Lipinski definition) is 3. The molecule has 1 fully saturated rings. The summed E-state index contributed by atoms with van der Waals surface area (Å²) in [5.74, 6) is 0.710. The van der Waals surface area contributed by atoms with Crippen molar-refractivity contribution in [2.75, 3.05) is 5.32 Å². The quantitative estimate of drug-likeness (QED) is 0.866. The Kier molecular flexibility index (Phi) is 2.48. The Balaban J connectivity index is 1.69. The van der Waals surface area contributed by atoms with Crippen molar-refractivity contribution in [1.82, 2.24) is 19.9 Å². The number of amides is 2. The molecule has 6 heteroatoms. The molecule has 2 amide bonds. The number of carbonyl (C=O) groups is 1. The second-order valence-corrected chi connectivity index (χ2v) is 5.72. The first-order chi connectivity index (χ1) is 8.94. The Morgan fingerprint density at radius 2 is 2.21 bits per heavy atom. The Bertz CT molecular complexity index is 646. The van der Waals surface area contributed by atoms with Crippen LogP contribution < -0.4 is 10.6 Å². The van der Waals surface area contributed by atoms with E-state index in [2.05, 4.69) is 34.6 Å². The molecule has 6 nitrogen and oxygen atoms in total. The molecule has 2 aromatic heterocycles. The molecule has 0 unspecified atom stereocenters. The highest BCUT2D eigenvalue weighted by Gasteiger charge is 2.46. The lowest BCUT2D eigenvalue weighted by Crippen LogP contribution is -2.32. The monoisotopic (exact) mass is 259 g/mol. The molecule has 0 aromatic carbocycles. The Labute approximate surface area is 111 Å². The van der Waals surface area contributed by atoms with E-state index >= 15 is 0 Å². The molecule has 2 aromatic rings. The Morgan fingerprint density at radius 3 is 2.89 bits per heavy atom. The normalized spacial score (nSPS) is 20.3. The Hall–Kier alpha value is -2.11. The van der Waals surface area contributed by atoms with Gasteiger partial charge < -0.3 is 10.6 Å². The van der Waals surface area contributed by atoms with Crippen LogP contribution in [0.3, 0.4) is 0 Å². The van der Waals surface area contributed by atoms with Crippen LogP contribution in [0.25, 0.3) is 5.65 Å². The summed E-state index contributed by atoms with van der Waals surface area (Å²) in [5.41, 5.74) is 1.70. The number of aryl methyl sites for hydroxylation is 1. The first-order valence-electron chi connectivity index (χ1n) is 6.35. The molecule has 1 atom stereocenters. The van der Waals surface area contributed by atoms with Crippen molar-refractivity contribution >= 4 is 17.4 Å². The fourth-order valence-corrected chi connectivity index (χ4v) is 2.11. The maximum Gasteiger partial charge on any atom is 0.319 e. The van der Waals surface area contributed by atoms with E-state index < -0.39 is 0 Å². The van der Waals surface area contributed by atoms with Gasteiger partial charge in [0, 0.05) is 6.04 Å². The third kappa shape index (κ3) is 2.38. The van der Waals surface area contributed by atoms with Crippen molar-refractivity contribution in [2.45, 2.75) is 33.2 Å². The van der Waals surface area contributed by atoms with Crippen LogP contribution in [0.5, 0.6) is 0 Å². The highest BCUT2D eigenvalue weighted by atomic mass is 16.2. The lowest BCUT2D eigenvalue weighted by molar-refractivity contribution is 0.250. The number of urea groups is 1. The number of aromatic nitrogens is 3. The van der Waals surface area contributed by atoms with Crippen molar-refractivity contribution in [1.29, 1.82) is 0 Å². The van der Waals surface area contributed by atoms with Gasteiger partial charge in [-0.1, -0.05) is 13.8 Å². The summed E-state index contributed by atoms with van der Waals surface area (Å²) in [5, 5.41) is 9.98. The third-order valence-corrected chi connectivity index (χ3v) is 3.51. The number of carbonyl (C=O) groups excluding carboxylic acids is 1. The van der Waals surface area contributed by atoms with E-state index in [1.165, 1.54) is 0 Å². The van der Waals surface area contributed by atoms with Crippen LogP contribution in [-0.4, -0.2) is 26.7 Å². The minimum Gasteiger partial charge on any atom is -0.335 e. The fraction of sp³-hybridized carbons (Fsp3) is 0.462. The molecule has 19 heavy (non-hydrogen) atoms. The molecule has 0 saturated heterocycles. The molecule has 100 valence electrons. The van der Waals surface area contributed by atoms with Crippen LogP contribution in [0.4, 0.5) is 10.5 Å². The van der Waals surface area contributed by atoms with Crippen molar-refractivity contribution in [3.8, 4) is 0 Å². The first kappa shape index (κ1) is 12.0. The van der Waals surface area contributed by atoms with Gasteiger partial charge >= 0.3 is 6.03 Å². The molecule has 2 heterocycles. The molecule has 1 aliphatic rings. The highest BCUT2D eigenvalue weighted by Crippen LogP contribution is 2.44. The van der Waals surface area contributed by atoms with E-state index in [1.807, 2.05) is 19.1 Å². The molecule has 0 aliphatic heterocycles. The predicted octanol–water partition coefficient (Wildman–Crippen LogP) is 1.96. The van der Waals surface area contributed by atoms with Crippen LogP contribution in [0.1, 0.15) is 26.1 Å². The maximum absolute atomic E-state index is 11.8. The summed E-state index contributed by atoms with van der Waals surface area (Å²) in [6.07, 6.45) is 2.79. The van der Waals surface area contributed by atoms with Crippen LogP contribution in [0.15, 0.2) is 18.3 Å². The van der Waals surface area contributed by atoms with Gasteiger partial charge in [-0.2, -0.15) is 5.10 Å². The van der Waals surface area contributed by atoms with Gasteiger partial charge in [-0.15, -0.1) is 0 Å². The van der Waals surface area contributed by atoms with Crippen molar-refractivity contribution < 1.29 is 4.79 Å². The van der Waals surface area contributed by atoms with E-state index in [0.29, 0.717) is 11.5 Å². The average molecular weight is 259 g/mol. The first-order valence-corrected chi connectivity index (χ1v) is 6.35. The largest absolute Gasteiger partial charge is 0.335 e. The van der Waals surface area contributed by atoms with E-state index in [9.17, 15) is 4.79 Å². The lowest BCUT2D eigenvalue weighted by Gasteiger charge is -2.08. The molecule has 1 saturated carbocycles. The second kappa shape index (κ2) is 3.94. The molecule has 0 bridgehead atoms. The summed E-state index contributed by atoms with van der Waals surface area (Å²) in [7, 11) is 0. The van der Waals surface area contributed by atoms with E-state index in [4.69, 9.17) is 0 Å². The molecule has 0 radical (unpaired) electrons. The summed E-state index contributed by atoms with van der Waals surface area (Å²) in [4.78, 5) is 16.1. The van der Waals surface area contributed by atoms with Crippen LogP contribution in [-0.2, 0) is 0 Å². The lowest BCUT2D eigenvalue weighted by atomic mass is 10.2. The molecule has 1 aliphatic carbocycles. The van der Waals surface area contributed by atoms with Crippen molar-refractivity contribution in [2.24, 2.45) is 5.41 Å². The van der Waals surface area contributed by atoms with Crippen LogP contribution in [0, 0.1) is 12.3 Å². The van der Waals surface area contributed by atoms with Gasteiger partial charge in [0.15, 0.2) is 5.65 Å². The van der Waals surface area contributed by atoms with Crippen molar-refractivity contribution in [3.63, 3.8) is 0 Å². The number of rotatable bonds is 2. The predicted molar refractivity (Wildman–Crippen MR) is 72.1 cm³/mol. The van der Waals surface area contributed by atoms with Gasteiger partial charge in [-0.05, 0) is 30.9 Å². The SMILES string of the molecule is Cc1nc2ccc(NC(=O)N[C@H]3CC3(C)C)cn2n1. The third-order valence-electron chi connectivity index (χ3n) is 3.51. The average Bonchev–Trinajstić information content (AvgIpc) is 2.74. The summed E-state index contributed by atoms with van der Waals surface area (Å²) >= 11 is 0. The standard InChI is InChI=1S/C13H17N5O/c1-8-14-11-5-4-9(7-18(11)17-8)15-12(19)16-10-6-13(10,2)3/h4-5,7,10H,6H2,1-3H3,(H2,15,16,19)/t10-/m0/s1. The van der Waals surface area contributed by atoms with E-state index in [-0.39, 0.29) is 17.5 Å². The van der Waals surface area contributed by atoms with Gasteiger partial charge in [0.1, 0.15) is 5.82 Å². The fourth-order valence-electron chi connectivity index (χ4n) is 2.11. The number of nitrogens with zero attached hydrogens (tertiary/aromatic N) is 3. The number of pyridine rings is 1. The van der Waals surface area contributed by atoms with Crippen LogP contribution in [0.2, 0.25) is 0 Å². The zero-order valence-electron chi connectivity index (χ0n) is 11.3. The highest BCUT2D eigenvalue weighted by molar-refractivity contribution is 5.89. The molecule has 3 rings (SSSR count). The molecular formula is C13H17N5O. The minimum absolute atomic E-state index is 0.174. The zero-order valence-corrected chi connectivity index (χ0v) is 11.3. The van der Waals surface area contributed by atoms with Gasteiger partial charge in [0.05, 0.1) is 11.9 Å². The topological polar surface area (TPSA) is 71.3 Å².